The number of rotatable bonds is 4. The molecule has 0 radical (unpaired) electrons. The minimum atomic E-state index is -0.148. The number of carbonyl (C=O) groups excluding carboxylic acids is 2. The molecule has 1 heterocycles. The topological polar surface area (TPSA) is 49.4 Å². The summed E-state index contributed by atoms with van der Waals surface area (Å²) in [7, 11) is 0. The maximum atomic E-state index is 12.3. The molecule has 1 aliphatic heterocycles. The molecule has 0 aromatic rings. The zero-order chi connectivity index (χ0) is 14.9. The Bertz CT molecular complexity index is 390. The zero-order valence-electron chi connectivity index (χ0n) is 13.2. The van der Waals surface area contributed by atoms with E-state index in [1.807, 2.05) is 4.90 Å². The number of likely N-dealkylation sites (tertiary alicyclic amines) is 1. The predicted molar refractivity (Wildman–Crippen MR) is 79.1 cm³/mol. The number of amides is 2. The van der Waals surface area contributed by atoms with Gasteiger partial charge in [0.2, 0.25) is 11.8 Å². The van der Waals surface area contributed by atoms with Crippen LogP contribution in [0.15, 0.2) is 0 Å². The average molecular weight is 280 g/mol. The lowest BCUT2D eigenvalue weighted by molar-refractivity contribution is -0.129. The van der Waals surface area contributed by atoms with Gasteiger partial charge >= 0.3 is 0 Å². The Labute approximate surface area is 122 Å². The van der Waals surface area contributed by atoms with Crippen molar-refractivity contribution in [2.45, 2.75) is 59.4 Å². The van der Waals surface area contributed by atoms with Gasteiger partial charge in [-0.2, -0.15) is 0 Å². The maximum Gasteiger partial charge on any atom is 0.225 e. The Morgan fingerprint density at radius 1 is 1.45 bits per heavy atom. The Kier molecular flexibility index (Phi) is 4.40. The van der Waals surface area contributed by atoms with Crippen LogP contribution in [0.4, 0.5) is 0 Å². The lowest BCUT2D eigenvalue weighted by Crippen LogP contribution is -2.39. The van der Waals surface area contributed by atoms with E-state index in [2.05, 4.69) is 33.0 Å². The molecule has 1 aliphatic carbocycles. The van der Waals surface area contributed by atoms with Gasteiger partial charge in [0.1, 0.15) is 0 Å². The van der Waals surface area contributed by atoms with Crippen LogP contribution in [0.3, 0.4) is 0 Å². The van der Waals surface area contributed by atoms with E-state index in [9.17, 15) is 9.59 Å². The fourth-order valence-corrected chi connectivity index (χ4v) is 3.44. The Balaban J connectivity index is 1.84. The second-order valence-corrected chi connectivity index (χ2v) is 7.71. The molecule has 1 saturated carbocycles. The van der Waals surface area contributed by atoms with E-state index >= 15 is 0 Å². The van der Waals surface area contributed by atoms with E-state index in [4.69, 9.17) is 0 Å². The van der Waals surface area contributed by atoms with Crippen molar-refractivity contribution in [3.63, 3.8) is 0 Å². The van der Waals surface area contributed by atoms with Gasteiger partial charge in [-0.05, 0) is 30.6 Å². The van der Waals surface area contributed by atoms with Gasteiger partial charge in [-0.1, -0.05) is 27.7 Å². The van der Waals surface area contributed by atoms with Crippen LogP contribution in [0.5, 0.6) is 0 Å². The molecular formula is C16H28N2O2. The lowest BCUT2D eigenvalue weighted by Gasteiger charge is -2.20. The first-order valence-electron chi connectivity index (χ1n) is 7.85. The lowest BCUT2D eigenvalue weighted by atomic mass is 9.92. The third-order valence-electron chi connectivity index (χ3n) is 4.49. The molecule has 114 valence electrons. The van der Waals surface area contributed by atoms with E-state index in [0.29, 0.717) is 30.3 Å². The minimum absolute atomic E-state index is 0.0762. The number of nitrogens with one attached hydrogen (secondary N) is 1. The Morgan fingerprint density at radius 3 is 2.70 bits per heavy atom. The van der Waals surface area contributed by atoms with Crippen LogP contribution in [0, 0.1) is 17.3 Å². The smallest absolute Gasteiger partial charge is 0.225 e. The largest absolute Gasteiger partial charge is 0.353 e. The molecule has 1 N–H and O–H groups in total. The SMILES string of the molecule is CC(C)CN1CC(C(=O)NC2CCC(C)(C)C2)CC1=O. The first-order chi connectivity index (χ1) is 9.27. The second kappa shape index (κ2) is 5.74. The molecule has 2 amide bonds. The Morgan fingerprint density at radius 2 is 2.15 bits per heavy atom. The molecule has 2 unspecified atom stereocenters. The van der Waals surface area contributed by atoms with Crippen molar-refractivity contribution < 1.29 is 9.59 Å². The summed E-state index contributed by atoms with van der Waals surface area (Å²) in [5.41, 5.74) is 0.340. The highest BCUT2D eigenvalue weighted by Crippen LogP contribution is 2.37. The highest BCUT2D eigenvalue weighted by atomic mass is 16.2. The van der Waals surface area contributed by atoms with Crippen molar-refractivity contribution >= 4 is 11.8 Å². The molecule has 0 spiro atoms. The minimum Gasteiger partial charge on any atom is -0.353 e. The quantitative estimate of drug-likeness (QED) is 0.858. The average Bonchev–Trinajstić information content (AvgIpc) is 2.82. The summed E-state index contributed by atoms with van der Waals surface area (Å²) in [5.74, 6) is 0.513. The van der Waals surface area contributed by atoms with Crippen molar-refractivity contribution in [1.82, 2.24) is 10.2 Å². The van der Waals surface area contributed by atoms with Gasteiger partial charge < -0.3 is 10.2 Å². The van der Waals surface area contributed by atoms with Crippen molar-refractivity contribution in [1.29, 1.82) is 0 Å². The van der Waals surface area contributed by atoms with Crippen molar-refractivity contribution in [2.75, 3.05) is 13.1 Å². The summed E-state index contributed by atoms with van der Waals surface area (Å²) >= 11 is 0. The van der Waals surface area contributed by atoms with E-state index in [-0.39, 0.29) is 17.7 Å². The number of hydrogen-bond donors (Lipinski definition) is 1. The van der Waals surface area contributed by atoms with Crippen molar-refractivity contribution in [2.24, 2.45) is 17.3 Å². The molecule has 4 nitrogen and oxygen atoms in total. The summed E-state index contributed by atoms with van der Waals surface area (Å²) < 4.78 is 0. The molecule has 2 rings (SSSR count). The van der Waals surface area contributed by atoms with Gasteiger partial charge in [-0.15, -0.1) is 0 Å². The summed E-state index contributed by atoms with van der Waals surface area (Å²) in [6, 6.07) is 0.298. The molecule has 2 atom stereocenters. The number of nitrogens with zero attached hydrogens (tertiary/aromatic N) is 1. The second-order valence-electron chi connectivity index (χ2n) is 7.71. The first-order valence-corrected chi connectivity index (χ1v) is 7.85. The van der Waals surface area contributed by atoms with Crippen molar-refractivity contribution in [3.8, 4) is 0 Å². The van der Waals surface area contributed by atoms with Gasteiger partial charge in [0.15, 0.2) is 0 Å². The van der Waals surface area contributed by atoms with Gasteiger partial charge in [0.25, 0.3) is 0 Å². The van der Waals surface area contributed by atoms with Crippen LogP contribution < -0.4 is 5.32 Å². The summed E-state index contributed by atoms with van der Waals surface area (Å²) in [4.78, 5) is 26.1. The van der Waals surface area contributed by atoms with Crippen LogP contribution in [-0.2, 0) is 9.59 Å². The highest BCUT2D eigenvalue weighted by Gasteiger charge is 2.37. The van der Waals surface area contributed by atoms with Gasteiger partial charge in [-0.3, -0.25) is 9.59 Å². The fraction of sp³-hybridized carbons (Fsp3) is 0.875. The van der Waals surface area contributed by atoms with Gasteiger partial charge in [0, 0.05) is 25.6 Å². The highest BCUT2D eigenvalue weighted by molar-refractivity contribution is 5.89. The van der Waals surface area contributed by atoms with Crippen LogP contribution in [-0.4, -0.2) is 35.8 Å². The number of hydrogen-bond acceptors (Lipinski definition) is 2. The normalized spacial score (nSPS) is 29.2. The van der Waals surface area contributed by atoms with E-state index in [0.717, 1.165) is 19.4 Å². The van der Waals surface area contributed by atoms with Crippen LogP contribution >= 0.6 is 0 Å². The maximum absolute atomic E-state index is 12.3. The third-order valence-corrected chi connectivity index (χ3v) is 4.49. The monoisotopic (exact) mass is 280 g/mol. The molecule has 2 fully saturated rings. The summed E-state index contributed by atoms with van der Waals surface area (Å²) in [5, 5.41) is 3.15. The van der Waals surface area contributed by atoms with Crippen LogP contribution in [0.25, 0.3) is 0 Å². The summed E-state index contributed by atoms with van der Waals surface area (Å²) in [6.07, 6.45) is 3.67. The zero-order valence-corrected chi connectivity index (χ0v) is 13.2. The third kappa shape index (κ3) is 3.74. The molecule has 0 aromatic heterocycles. The van der Waals surface area contributed by atoms with Crippen LogP contribution in [0.1, 0.15) is 53.4 Å². The molecular weight excluding hydrogens is 252 g/mol. The Hall–Kier alpha value is -1.06. The molecule has 0 bridgehead atoms. The van der Waals surface area contributed by atoms with E-state index < -0.39 is 0 Å². The molecule has 4 heteroatoms. The van der Waals surface area contributed by atoms with Crippen LogP contribution in [0.2, 0.25) is 0 Å². The van der Waals surface area contributed by atoms with E-state index in [1.165, 1.54) is 6.42 Å². The fourth-order valence-electron chi connectivity index (χ4n) is 3.44. The van der Waals surface area contributed by atoms with Gasteiger partial charge in [0.05, 0.1) is 5.92 Å². The molecule has 20 heavy (non-hydrogen) atoms. The molecule has 1 saturated heterocycles. The van der Waals surface area contributed by atoms with E-state index in [1.54, 1.807) is 0 Å². The molecule has 0 aromatic carbocycles. The molecule has 2 aliphatic rings. The first kappa shape index (κ1) is 15.3. The summed E-state index contributed by atoms with van der Waals surface area (Å²) in [6.45, 7) is 10.1. The predicted octanol–water partition coefficient (Wildman–Crippen LogP) is 2.19. The van der Waals surface area contributed by atoms with Crippen molar-refractivity contribution in [3.05, 3.63) is 0 Å². The number of carbonyl (C=O) groups is 2. The van der Waals surface area contributed by atoms with Gasteiger partial charge in [-0.25, -0.2) is 0 Å². The standard InChI is InChI=1S/C16H28N2O2/c1-11(2)9-18-10-12(7-14(18)19)15(20)17-13-5-6-16(3,4)8-13/h11-13H,5-10H2,1-4H3,(H,17,20).